The molecule has 3 aromatic rings. The van der Waals surface area contributed by atoms with Crippen molar-refractivity contribution in [3.05, 3.63) is 83.9 Å². The van der Waals surface area contributed by atoms with Gasteiger partial charge in [-0.2, -0.15) is 0 Å². The summed E-state index contributed by atoms with van der Waals surface area (Å²) in [5, 5.41) is 2.44. The predicted octanol–water partition coefficient (Wildman–Crippen LogP) is 3.53. The van der Waals surface area contributed by atoms with Crippen LogP contribution < -0.4 is 21.6 Å². The quantitative estimate of drug-likeness (QED) is 0.592. The van der Waals surface area contributed by atoms with Crippen molar-refractivity contribution in [2.24, 2.45) is 0 Å². The van der Waals surface area contributed by atoms with Gasteiger partial charge in [-0.05, 0) is 32.0 Å². The second-order valence-electron chi connectivity index (χ2n) is 5.88. The summed E-state index contributed by atoms with van der Waals surface area (Å²) in [6.45, 7) is 4.05. The lowest BCUT2D eigenvalue weighted by molar-refractivity contribution is 0.592. The van der Waals surface area contributed by atoms with Crippen molar-refractivity contribution in [1.82, 2.24) is 0 Å². The summed E-state index contributed by atoms with van der Waals surface area (Å²) in [5.41, 5.74) is 8.82. The van der Waals surface area contributed by atoms with E-state index >= 15 is 0 Å². The summed E-state index contributed by atoms with van der Waals surface area (Å²) in [7, 11) is -2.93. The molecule has 0 saturated carbocycles. The molecule has 1 atom stereocenters. The number of benzene rings is 3. The molecule has 0 bridgehead atoms. The van der Waals surface area contributed by atoms with Crippen LogP contribution in [0.3, 0.4) is 0 Å². The Bertz CT molecular complexity index is 835. The Labute approximate surface area is 137 Å². The third kappa shape index (κ3) is 2.95. The number of rotatable bonds is 3. The van der Waals surface area contributed by atoms with E-state index in [4.69, 9.17) is 5.73 Å². The minimum atomic E-state index is -2.93. The summed E-state index contributed by atoms with van der Waals surface area (Å²) in [4.78, 5) is 0. The zero-order valence-corrected chi connectivity index (χ0v) is 14.3. The fourth-order valence-corrected chi connectivity index (χ4v) is 5.52. The third-order valence-corrected chi connectivity index (χ3v) is 7.03. The molecule has 0 heterocycles. The summed E-state index contributed by atoms with van der Waals surface area (Å²) in [6, 6.07) is 23.3. The Balaban J connectivity index is 2.29. The van der Waals surface area contributed by atoms with Crippen molar-refractivity contribution in [1.29, 1.82) is 0 Å². The maximum absolute atomic E-state index is 14.2. The molecular formula is C20H20NOP. The Hall–Kier alpha value is -2.31. The van der Waals surface area contributed by atoms with Gasteiger partial charge < -0.3 is 10.3 Å². The van der Waals surface area contributed by atoms with Gasteiger partial charge in [0.1, 0.15) is 0 Å². The van der Waals surface area contributed by atoms with Crippen LogP contribution in [-0.2, 0) is 4.57 Å². The minimum absolute atomic E-state index is 0.627. The normalized spacial score (nSPS) is 13.5. The Morgan fingerprint density at radius 2 is 1.30 bits per heavy atom. The van der Waals surface area contributed by atoms with Crippen LogP contribution in [0.25, 0.3) is 0 Å². The Morgan fingerprint density at radius 3 is 1.91 bits per heavy atom. The van der Waals surface area contributed by atoms with E-state index in [1.54, 1.807) is 0 Å². The van der Waals surface area contributed by atoms with Crippen molar-refractivity contribution >= 4 is 28.7 Å². The highest BCUT2D eigenvalue weighted by atomic mass is 31.2. The number of nitrogen functional groups attached to an aromatic ring is 1. The second-order valence-corrected chi connectivity index (χ2v) is 8.65. The van der Waals surface area contributed by atoms with Gasteiger partial charge in [-0.25, -0.2) is 0 Å². The van der Waals surface area contributed by atoms with E-state index in [2.05, 4.69) is 0 Å². The number of hydrogen-bond donors (Lipinski definition) is 1. The van der Waals surface area contributed by atoms with Crippen molar-refractivity contribution < 1.29 is 4.57 Å². The molecule has 3 heteroatoms. The number of nitrogens with two attached hydrogens (primary N) is 1. The van der Waals surface area contributed by atoms with Gasteiger partial charge in [0, 0.05) is 21.6 Å². The van der Waals surface area contributed by atoms with Crippen molar-refractivity contribution in [3.63, 3.8) is 0 Å². The van der Waals surface area contributed by atoms with Crippen LogP contribution in [0, 0.1) is 13.8 Å². The fourth-order valence-electron chi connectivity index (χ4n) is 2.75. The van der Waals surface area contributed by atoms with Gasteiger partial charge in [0.2, 0.25) is 0 Å². The predicted molar refractivity (Wildman–Crippen MR) is 99.7 cm³/mol. The van der Waals surface area contributed by atoms with Gasteiger partial charge in [0.15, 0.2) is 7.14 Å². The van der Waals surface area contributed by atoms with E-state index in [1.807, 2.05) is 86.6 Å². The molecular weight excluding hydrogens is 301 g/mol. The lowest BCUT2D eigenvalue weighted by Gasteiger charge is -2.21. The Kier molecular flexibility index (Phi) is 4.11. The van der Waals surface area contributed by atoms with Gasteiger partial charge in [-0.1, -0.05) is 65.7 Å². The van der Waals surface area contributed by atoms with Crippen LogP contribution in [0.4, 0.5) is 5.69 Å². The molecule has 0 aliphatic rings. The molecule has 0 fully saturated rings. The number of aryl methyl sites for hydroxylation is 2. The van der Waals surface area contributed by atoms with Crippen LogP contribution in [0.5, 0.6) is 0 Å². The highest BCUT2D eigenvalue weighted by Crippen LogP contribution is 2.42. The van der Waals surface area contributed by atoms with E-state index in [1.165, 1.54) is 0 Å². The molecule has 116 valence electrons. The van der Waals surface area contributed by atoms with Crippen molar-refractivity contribution in [3.8, 4) is 0 Å². The summed E-state index contributed by atoms with van der Waals surface area (Å²) in [5.74, 6) is 0. The largest absolute Gasteiger partial charge is 0.399 e. The first-order valence-corrected chi connectivity index (χ1v) is 9.31. The SMILES string of the molecule is Cc1ccc(P(=O)(c2cccc(C)c2)c2cccc(N)c2)cc1. The smallest absolute Gasteiger partial charge is 0.171 e. The molecule has 2 nitrogen and oxygen atoms in total. The van der Waals surface area contributed by atoms with E-state index in [0.29, 0.717) is 5.69 Å². The number of hydrogen-bond acceptors (Lipinski definition) is 2. The van der Waals surface area contributed by atoms with Gasteiger partial charge in [-0.3, -0.25) is 0 Å². The lowest BCUT2D eigenvalue weighted by atomic mass is 10.2. The average Bonchev–Trinajstić information content (AvgIpc) is 2.55. The molecule has 0 aliphatic carbocycles. The van der Waals surface area contributed by atoms with Crippen LogP contribution >= 0.6 is 7.14 Å². The first-order valence-electron chi connectivity index (χ1n) is 7.61. The lowest BCUT2D eigenvalue weighted by Crippen LogP contribution is -2.25. The summed E-state index contributed by atoms with van der Waals surface area (Å²) in [6.07, 6.45) is 0. The fraction of sp³-hybridized carbons (Fsp3) is 0.100. The molecule has 0 radical (unpaired) electrons. The van der Waals surface area contributed by atoms with E-state index in [-0.39, 0.29) is 0 Å². The van der Waals surface area contributed by atoms with Gasteiger partial charge in [0.25, 0.3) is 0 Å². The first-order chi connectivity index (χ1) is 11.0. The molecule has 0 spiro atoms. The zero-order chi connectivity index (χ0) is 16.4. The standard InChI is InChI=1S/C20H20NOP/c1-15-9-11-18(12-10-15)23(22,19-7-3-5-16(2)13-19)20-8-4-6-17(21)14-20/h3-14H,21H2,1-2H3. The van der Waals surface area contributed by atoms with Crippen LogP contribution in [0.1, 0.15) is 11.1 Å². The highest BCUT2D eigenvalue weighted by Gasteiger charge is 2.29. The maximum atomic E-state index is 14.2. The Morgan fingerprint density at radius 1 is 0.696 bits per heavy atom. The van der Waals surface area contributed by atoms with Crippen molar-refractivity contribution in [2.45, 2.75) is 13.8 Å². The highest BCUT2D eigenvalue weighted by molar-refractivity contribution is 7.85. The average molecular weight is 321 g/mol. The van der Waals surface area contributed by atoms with Gasteiger partial charge >= 0.3 is 0 Å². The van der Waals surface area contributed by atoms with E-state index in [9.17, 15) is 4.57 Å². The number of anilines is 1. The molecule has 0 aliphatic heterocycles. The molecule has 3 aromatic carbocycles. The topological polar surface area (TPSA) is 43.1 Å². The molecule has 0 amide bonds. The van der Waals surface area contributed by atoms with Crippen LogP contribution in [-0.4, -0.2) is 0 Å². The van der Waals surface area contributed by atoms with Crippen LogP contribution in [0.15, 0.2) is 72.8 Å². The minimum Gasteiger partial charge on any atom is -0.399 e. The molecule has 0 aromatic heterocycles. The summed E-state index contributed by atoms with van der Waals surface area (Å²) < 4.78 is 14.2. The monoisotopic (exact) mass is 321 g/mol. The molecule has 1 unspecified atom stereocenters. The molecule has 23 heavy (non-hydrogen) atoms. The van der Waals surface area contributed by atoms with E-state index in [0.717, 1.165) is 27.0 Å². The maximum Gasteiger partial charge on any atom is 0.171 e. The van der Waals surface area contributed by atoms with Crippen LogP contribution in [0.2, 0.25) is 0 Å². The van der Waals surface area contributed by atoms with Gasteiger partial charge in [-0.15, -0.1) is 0 Å². The third-order valence-electron chi connectivity index (χ3n) is 4.00. The zero-order valence-electron chi connectivity index (χ0n) is 13.4. The van der Waals surface area contributed by atoms with Crippen molar-refractivity contribution in [2.75, 3.05) is 5.73 Å². The molecule has 2 N–H and O–H groups in total. The van der Waals surface area contributed by atoms with Gasteiger partial charge in [0.05, 0.1) is 0 Å². The second kappa shape index (κ2) is 6.06. The first kappa shape index (κ1) is 15.6. The molecule has 0 saturated heterocycles. The van der Waals surface area contributed by atoms with E-state index < -0.39 is 7.14 Å². The molecule has 3 rings (SSSR count). The summed E-state index contributed by atoms with van der Waals surface area (Å²) >= 11 is 0.